The Morgan fingerprint density at radius 3 is 2.52 bits per heavy atom. The Labute approximate surface area is 200 Å². The molecule has 4 aromatic rings. The number of rotatable bonds is 6. The van der Waals surface area contributed by atoms with Crippen LogP contribution in [0, 0.1) is 0 Å². The van der Waals surface area contributed by atoms with Crippen molar-refractivity contribution in [3.05, 3.63) is 114 Å². The number of pyridine rings is 2. The van der Waals surface area contributed by atoms with Crippen molar-refractivity contribution in [1.29, 1.82) is 0 Å². The third kappa shape index (κ3) is 4.26. The van der Waals surface area contributed by atoms with E-state index in [9.17, 15) is 0 Å². The highest BCUT2D eigenvalue weighted by atomic mass is 32.1. The maximum atomic E-state index is 5.88. The summed E-state index contributed by atoms with van der Waals surface area (Å²) in [6, 6.07) is 23.0. The summed E-state index contributed by atoms with van der Waals surface area (Å²) in [5.41, 5.74) is 5.70. The van der Waals surface area contributed by atoms with Crippen LogP contribution in [0.5, 0.6) is 0 Å². The molecule has 0 amide bonds. The van der Waals surface area contributed by atoms with Crippen molar-refractivity contribution in [1.82, 2.24) is 19.9 Å². The van der Waals surface area contributed by atoms with Crippen LogP contribution >= 0.6 is 12.2 Å². The van der Waals surface area contributed by atoms with Crippen LogP contribution in [0.25, 0.3) is 0 Å². The number of aromatic nitrogens is 3. The lowest BCUT2D eigenvalue weighted by Crippen LogP contribution is -2.30. The molecule has 1 saturated heterocycles. The van der Waals surface area contributed by atoms with Crippen molar-refractivity contribution in [3.8, 4) is 0 Å². The standard InChI is InChI=1S/C27H27N5S/c1-19(2)21-10-12-22(13-11-21)32-26(25(30-27(32)33)23-8-3-4-15-29-23)24-9-6-16-31(24)18-20-7-5-14-28-17-20/h3-17,19,25-26H,18H2,1-2H3,(H,30,33)/t25-,26+/m0/s1. The molecule has 3 aromatic heterocycles. The van der Waals surface area contributed by atoms with Crippen molar-refractivity contribution in [2.75, 3.05) is 4.90 Å². The van der Waals surface area contributed by atoms with Gasteiger partial charge in [-0.1, -0.05) is 38.1 Å². The summed E-state index contributed by atoms with van der Waals surface area (Å²) < 4.78 is 2.28. The fourth-order valence-corrected chi connectivity index (χ4v) is 4.83. The first kappa shape index (κ1) is 21.3. The summed E-state index contributed by atoms with van der Waals surface area (Å²) in [6.07, 6.45) is 7.68. The van der Waals surface area contributed by atoms with Gasteiger partial charge in [0.2, 0.25) is 0 Å². The van der Waals surface area contributed by atoms with Gasteiger partial charge in [0.05, 0.1) is 11.7 Å². The van der Waals surface area contributed by atoms with Gasteiger partial charge in [0.25, 0.3) is 0 Å². The van der Waals surface area contributed by atoms with Crippen LogP contribution in [0.15, 0.2) is 91.5 Å². The fourth-order valence-electron chi connectivity index (χ4n) is 4.48. The van der Waals surface area contributed by atoms with Crippen LogP contribution in [0.2, 0.25) is 0 Å². The molecule has 1 N–H and O–H groups in total. The lowest BCUT2D eigenvalue weighted by molar-refractivity contribution is 0.533. The molecule has 5 nitrogen and oxygen atoms in total. The Bertz CT molecular complexity index is 1220. The molecule has 33 heavy (non-hydrogen) atoms. The Hall–Kier alpha value is -3.51. The van der Waals surface area contributed by atoms with E-state index in [1.807, 2.05) is 30.6 Å². The van der Waals surface area contributed by atoms with E-state index >= 15 is 0 Å². The van der Waals surface area contributed by atoms with Gasteiger partial charge in [-0.05, 0) is 71.7 Å². The van der Waals surface area contributed by atoms with Crippen LogP contribution < -0.4 is 10.2 Å². The molecule has 1 aromatic carbocycles. The largest absolute Gasteiger partial charge is 0.351 e. The van der Waals surface area contributed by atoms with E-state index in [4.69, 9.17) is 12.2 Å². The number of nitrogens with one attached hydrogen (secondary N) is 1. The zero-order valence-corrected chi connectivity index (χ0v) is 19.6. The summed E-state index contributed by atoms with van der Waals surface area (Å²) in [7, 11) is 0. The molecule has 0 saturated carbocycles. The molecule has 6 heteroatoms. The SMILES string of the molecule is CC(C)c1ccc(N2C(=S)N[C@@H](c3ccccn3)[C@H]2c2cccn2Cc2cccnc2)cc1. The first-order valence-corrected chi connectivity index (χ1v) is 11.7. The van der Waals surface area contributed by atoms with Crippen LogP contribution in [0.3, 0.4) is 0 Å². The maximum Gasteiger partial charge on any atom is 0.174 e. The predicted octanol–water partition coefficient (Wildman–Crippen LogP) is 5.63. The van der Waals surface area contributed by atoms with Gasteiger partial charge in [-0.15, -0.1) is 0 Å². The van der Waals surface area contributed by atoms with Gasteiger partial charge in [0, 0.05) is 42.7 Å². The molecule has 5 rings (SSSR count). The van der Waals surface area contributed by atoms with Crippen molar-refractivity contribution in [3.63, 3.8) is 0 Å². The van der Waals surface area contributed by atoms with Gasteiger partial charge in [0.1, 0.15) is 6.04 Å². The quantitative estimate of drug-likeness (QED) is 0.384. The molecule has 0 aliphatic carbocycles. The van der Waals surface area contributed by atoms with Crippen molar-refractivity contribution < 1.29 is 0 Å². The average Bonchev–Trinajstić information content (AvgIpc) is 3.44. The minimum atomic E-state index is -0.0639. The molecular formula is C27H27N5S. The van der Waals surface area contributed by atoms with Gasteiger partial charge < -0.3 is 14.8 Å². The molecule has 0 bridgehead atoms. The van der Waals surface area contributed by atoms with Gasteiger partial charge in [-0.2, -0.15) is 0 Å². The van der Waals surface area contributed by atoms with E-state index in [0.29, 0.717) is 11.0 Å². The first-order chi connectivity index (χ1) is 16.1. The van der Waals surface area contributed by atoms with E-state index < -0.39 is 0 Å². The first-order valence-electron chi connectivity index (χ1n) is 11.3. The molecule has 4 heterocycles. The van der Waals surface area contributed by atoms with Crippen molar-refractivity contribution in [2.24, 2.45) is 0 Å². The number of thiocarbonyl (C=S) groups is 1. The Morgan fingerprint density at radius 2 is 1.82 bits per heavy atom. The van der Waals surface area contributed by atoms with Gasteiger partial charge in [0.15, 0.2) is 5.11 Å². The summed E-state index contributed by atoms with van der Waals surface area (Å²) in [5.74, 6) is 0.483. The molecule has 1 aliphatic heterocycles. The van der Waals surface area contributed by atoms with Crippen LogP contribution in [0.1, 0.15) is 54.4 Å². The van der Waals surface area contributed by atoms with E-state index in [1.54, 1.807) is 6.20 Å². The number of hydrogen-bond donors (Lipinski definition) is 1. The Morgan fingerprint density at radius 1 is 0.970 bits per heavy atom. The second-order valence-electron chi connectivity index (χ2n) is 8.67. The van der Waals surface area contributed by atoms with Crippen LogP contribution in [-0.2, 0) is 6.54 Å². The van der Waals surface area contributed by atoms with Crippen molar-refractivity contribution >= 4 is 23.0 Å². The third-order valence-corrected chi connectivity index (χ3v) is 6.49. The van der Waals surface area contributed by atoms with E-state index in [-0.39, 0.29) is 12.1 Å². The molecule has 0 radical (unpaired) electrons. The van der Waals surface area contributed by atoms with Crippen LogP contribution in [-0.4, -0.2) is 19.6 Å². The zero-order valence-electron chi connectivity index (χ0n) is 18.8. The highest BCUT2D eigenvalue weighted by Crippen LogP contribution is 2.42. The molecule has 0 unspecified atom stereocenters. The molecule has 1 aliphatic rings. The highest BCUT2D eigenvalue weighted by Gasteiger charge is 2.42. The predicted molar refractivity (Wildman–Crippen MR) is 136 cm³/mol. The van der Waals surface area contributed by atoms with Gasteiger partial charge in [-0.25, -0.2) is 0 Å². The second kappa shape index (κ2) is 9.16. The average molecular weight is 454 g/mol. The summed E-state index contributed by atoms with van der Waals surface area (Å²) in [6.45, 7) is 5.17. The Balaban J connectivity index is 1.58. The van der Waals surface area contributed by atoms with Crippen molar-refractivity contribution in [2.45, 2.75) is 38.4 Å². The van der Waals surface area contributed by atoms with Gasteiger partial charge in [-0.3, -0.25) is 9.97 Å². The minimum absolute atomic E-state index is 0.0380. The lowest BCUT2D eigenvalue weighted by Gasteiger charge is -2.29. The van der Waals surface area contributed by atoms with Crippen LogP contribution in [0.4, 0.5) is 5.69 Å². The number of hydrogen-bond acceptors (Lipinski definition) is 3. The highest BCUT2D eigenvalue weighted by molar-refractivity contribution is 7.80. The van der Waals surface area contributed by atoms with E-state index in [1.165, 1.54) is 11.3 Å². The monoisotopic (exact) mass is 453 g/mol. The summed E-state index contributed by atoms with van der Waals surface area (Å²) >= 11 is 5.88. The van der Waals surface area contributed by atoms with E-state index in [0.717, 1.165) is 23.5 Å². The molecule has 166 valence electrons. The maximum absolute atomic E-state index is 5.88. The lowest BCUT2D eigenvalue weighted by atomic mass is 9.99. The molecule has 0 spiro atoms. The third-order valence-electron chi connectivity index (χ3n) is 6.18. The molecule has 1 fully saturated rings. The molecular weight excluding hydrogens is 426 g/mol. The number of nitrogens with zero attached hydrogens (tertiary/aromatic N) is 4. The van der Waals surface area contributed by atoms with Gasteiger partial charge >= 0.3 is 0 Å². The number of benzene rings is 1. The fraction of sp³-hybridized carbons (Fsp3) is 0.222. The smallest absolute Gasteiger partial charge is 0.174 e. The summed E-state index contributed by atoms with van der Waals surface area (Å²) in [5, 5.41) is 4.27. The topological polar surface area (TPSA) is 46.0 Å². The minimum Gasteiger partial charge on any atom is -0.351 e. The second-order valence-corrected chi connectivity index (χ2v) is 9.05. The molecule has 2 atom stereocenters. The normalized spacial score (nSPS) is 18.0. The summed E-state index contributed by atoms with van der Waals surface area (Å²) in [4.78, 5) is 11.2. The number of anilines is 1. The Kier molecular flexibility index (Phi) is 5.92. The zero-order chi connectivity index (χ0) is 22.8. The van der Waals surface area contributed by atoms with E-state index in [2.05, 4.69) is 93.3 Å².